The van der Waals surface area contributed by atoms with Gasteiger partial charge in [0, 0.05) is 11.1 Å². The number of carbonyl (C=O) groups is 1. The Labute approximate surface area is 141 Å². The van der Waals surface area contributed by atoms with Gasteiger partial charge in [-0.1, -0.05) is 18.2 Å². The Morgan fingerprint density at radius 1 is 1.08 bits per heavy atom. The SMILES string of the molecule is CCOc1ccc(C2=C/C(=C/c3ccccc3OC)C(=O)O2)cc1. The van der Waals surface area contributed by atoms with Crippen LogP contribution in [0.3, 0.4) is 0 Å². The number of benzene rings is 2. The van der Waals surface area contributed by atoms with Crippen molar-refractivity contribution < 1.29 is 19.0 Å². The van der Waals surface area contributed by atoms with Crippen molar-refractivity contribution in [3.63, 3.8) is 0 Å². The van der Waals surface area contributed by atoms with Crippen molar-refractivity contribution in [2.24, 2.45) is 0 Å². The summed E-state index contributed by atoms with van der Waals surface area (Å²) in [6, 6.07) is 15.0. The summed E-state index contributed by atoms with van der Waals surface area (Å²) in [4.78, 5) is 12.1. The van der Waals surface area contributed by atoms with Gasteiger partial charge in [0.05, 0.1) is 19.3 Å². The standard InChI is InChI=1S/C20H18O4/c1-3-23-17-10-8-14(9-11-17)19-13-16(20(21)24-19)12-15-6-4-5-7-18(15)22-2/h4-13H,3H2,1-2H3/b16-12-. The summed E-state index contributed by atoms with van der Waals surface area (Å²) in [5.41, 5.74) is 2.15. The summed E-state index contributed by atoms with van der Waals surface area (Å²) in [5, 5.41) is 0. The lowest BCUT2D eigenvalue weighted by atomic mass is 10.1. The third-order valence-corrected chi connectivity index (χ3v) is 3.62. The van der Waals surface area contributed by atoms with Crippen LogP contribution in [0.5, 0.6) is 11.5 Å². The molecular formula is C20H18O4. The maximum absolute atomic E-state index is 12.1. The van der Waals surface area contributed by atoms with E-state index in [2.05, 4.69) is 0 Å². The molecule has 4 nitrogen and oxygen atoms in total. The zero-order chi connectivity index (χ0) is 16.9. The zero-order valence-electron chi connectivity index (χ0n) is 13.6. The Morgan fingerprint density at radius 2 is 1.83 bits per heavy atom. The molecule has 0 fully saturated rings. The van der Waals surface area contributed by atoms with Gasteiger partial charge in [0.1, 0.15) is 17.3 Å². The minimum atomic E-state index is -0.371. The number of para-hydroxylation sites is 1. The van der Waals surface area contributed by atoms with Crippen LogP contribution in [0.4, 0.5) is 0 Å². The molecule has 0 atom stereocenters. The normalized spacial score (nSPS) is 15.2. The molecule has 0 radical (unpaired) electrons. The predicted octanol–water partition coefficient (Wildman–Crippen LogP) is 4.08. The van der Waals surface area contributed by atoms with Gasteiger partial charge in [0.15, 0.2) is 0 Å². The van der Waals surface area contributed by atoms with Gasteiger partial charge in [0.25, 0.3) is 0 Å². The van der Waals surface area contributed by atoms with E-state index in [0.717, 1.165) is 16.9 Å². The van der Waals surface area contributed by atoms with Crippen molar-refractivity contribution in [1.82, 2.24) is 0 Å². The van der Waals surface area contributed by atoms with Crippen molar-refractivity contribution in [2.75, 3.05) is 13.7 Å². The van der Waals surface area contributed by atoms with Gasteiger partial charge in [-0.05, 0) is 49.4 Å². The van der Waals surface area contributed by atoms with Crippen LogP contribution < -0.4 is 9.47 Å². The first-order valence-corrected chi connectivity index (χ1v) is 7.73. The van der Waals surface area contributed by atoms with Gasteiger partial charge < -0.3 is 14.2 Å². The van der Waals surface area contributed by atoms with Gasteiger partial charge in [-0.2, -0.15) is 0 Å². The molecule has 0 aliphatic carbocycles. The van der Waals surface area contributed by atoms with Gasteiger partial charge in [-0.15, -0.1) is 0 Å². The van der Waals surface area contributed by atoms with E-state index in [0.29, 0.717) is 23.7 Å². The number of carbonyl (C=O) groups excluding carboxylic acids is 1. The fraction of sp³-hybridized carbons (Fsp3) is 0.150. The summed E-state index contributed by atoms with van der Waals surface area (Å²) < 4.78 is 16.1. The number of methoxy groups -OCH3 is 1. The highest BCUT2D eigenvalue weighted by molar-refractivity contribution is 6.05. The van der Waals surface area contributed by atoms with E-state index in [1.807, 2.05) is 55.5 Å². The Bertz CT molecular complexity index is 801. The summed E-state index contributed by atoms with van der Waals surface area (Å²) >= 11 is 0. The molecule has 24 heavy (non-hydrogen) atoms. The molecule has 0 saturated heterocycles. The second-order valence-corrected chi connectivity index (χ2v) is 5.20. The van der Waals surface area contributed by atoms with Crippen LogP contribution in [0.25, 0.3) is 11.8 Å². The average Bonchev–Trinajstić information content (AvgIpc) is 2.97. The lowest BCUT2D eigenvalue weighted by Crippen LogP contribution is -1.97. The van der Waals surface area contributed by atoms with Crippen molar-refractivity contribution >= 4 is 17.8 Å². The third-order valence-electron chi connectivity index (χ3n) is 3.62. The zero-order valence-corrected chi connectivity index (χ0v) is 13.6. The third kappa shape index (κ3) is 3.33. The van der Waals surface area contributed by atoms with Crippen molar-refractivity contribution in [3.05, 3.63) is 71.3 Å². The molecule has 0 N–H and O–H groups in total. The highest BCUT2D eigenvalue weighted by Crippen LogP contribution is 2.30. The minimum Gasteiger partial charge on any atom is -0.496 e. The molecule has 122 valence electrons. The summed E-state index contributed by atoms with van der Waals surface area (Å²) in [6.45, 7) is 2.55. The van der Waals surface area contributed by atoms with Crippen molar-refractivity contribution in [2.45, 2.75) is 6.92 Å². The maximum atomic E-state index is 12.1. The van der Waals surface area contributed by atoms with Crippen LogP contribution in [0.1, 0.15) is 18.1 Å². The first-order chi connectivity index (χ1) is 11.7. The number of rotatable bonds is 5. The van der Waals surface area contributed by atoms with Gasteiger partial charge in [0.2, 0.25) is 0 Å². The summed E-state index contributed by atoms with van der Waals surface area (Å²) in [7, 11) is 1.60. The highest BCUT2D eigenvalue weighted by Gasteiger charge is 2.22. The first kappa shape index (κ1) is 15.9. The molecule has 0 spiro atoms. The smallest absolute Gasteiger partial charge is 0.343 e. The Hall–Kier alpha value is -3.01. The van der Waals surface area contributed by atoms with Crippen LogP contribution in [-0.2, 0) is 9.53 Å². The van der Waals surface area contributed by atoms with E-state index in [1.54, 1.807) is 19.3 Å². The van der Waals surface area contributed by atoms with E-state index in [-0.39, 0.29) is 5.97 Å². The maximum Gasteiger partial charge on any atom is 0.343 e. The quantitative estimate of drug-likeness (QED) is 0.615. The van der Waals surface area contributed by atoms with Gasteiger partial charge in [-0.3, -0.25) is 0 Å². The average molecular weight is 322 g/mol. The fourth-order valence-corrected chi connectivity index (χ4v) is 2.47. The molecule has 3 rings (SSSR count). The van der Waals surface area contributed by atoms with Gasteiger partial charge >= 0.3 is 5.97 Å². The monoisotopic (exact) mass is 322 g/mol. The van der Waals surface area contributed by atoms with E-state index in [1.165, 1.54) is 0 Å². The largest absolute Gasteiger partial charge is 0.496 e. The topological polar surface area (TPSA) is 44.8 Å². The molecule has 0 saturated carbocycles. The molecule has 1 heterocycles. The molecule has 2 aromatic rings. The van der Waals surface area contributed by atoms with Crippen molar-refractivity contribution in [1.29, 1.82) is 0 Å². The second-order valence-electron chi connectivity index (χ2n) is 5.20. The second kappa shape index (κ2) is 7.04. The van der Waals surface area contributed by atoms with Crippen LogP contribution in [-0.4, -0.2) is 19.7 Å². The summed E-state index contributed by atoms with van der Waals surface area (Å²) in [5.74, 6) is 1.66. The molecule has 0 bridgehead atoms. The Balaban J connectivity index is 1.88. The summed E-state index contributed by atoms with van der Waals surface area (Å²) in [6.07, 6.45) is 3.51. The number of hydrogen-bond acceptors (Lipinski definition) is 4. The molecule has 4 heteroatoms. The molecule has 0 aromatic heterocycles. The van der Waals surface area contributed by atoms with Gasteiger partial charge in [-0.25, -0.2) is 4.79 Å². The molecule has 1 aliphatic heterocycles. The lowest BCUT2D eigenvalue weighted by Gasteiger charge is -2.05. The number of esters is 1. The van der Waals surface area contributed by atoms with Crippen LogP contribution in [0.2, 0.25) is 0 Å². The van der Waals surface area contributed by atoms with E-state index in [9.17, 15) is 4.79 Å². The Kier molecular flexibility index (Phi) is 4.66. The van der Waals surface area contributed by atoms with Crippen LogP contribution in [0.15, 0.2) is 60.2 Å². The van der Waals surface area contributed by atoms with E-state index < -0.39 is 0 Å². The van der Waals surface area contributed by atoms with E-state index >= 15 is 0 Å². The molecular weight excluding hydrogens is 304 g/mol. The Morgan fingerprint density at radius 3 is 2.54 bits per heavy atom. The number of hydrogen-bond donors (Lipinski definition) is 0. The van der Waals surface area contributed by atoms with Crippen LogP contribution >= 0.6 is 0 Å². The molecule has 0 amide bonds. The predicted molar refractivity (Wildman–Crippen MR) is 92.7 cm³/mol. The van der Waals surface area contributed by atoms with E-state index in [4.69, 9.17) is 14.2 Å². The van der Waals surface area contributed by atoms with Crippen LogP contribution in [0, 0.1) is 0 Å². The molecule has 1 aliphatic rings. The van der Waals surface area contributed by atoms with Crippen molar-refractivity contribution in [3.8, 4) is 11.5 Å². The first-order valence-electron chi connectivity index (χ1n) is 7.73. The lowest BCUT2D eigenvalue weighted by molar-refractivity contribution is -0.130. The number of ether oxygens (including phenoxy) is 3. The minimum absolute atomic E-state index is 0.371. The molecule has 2 aromatic carbocycles. The highest BCUT2D eigenvalue weighted by atomic mass is 16.5. The molecule has 0 unspecified atom stereocenters. The number of cyclic esters (lactones) is 1. The fourth-order valence-electron chi connectivity index (χ4n) is 2.47.